The highest BCUT2D eigenvalue weighted by Gasteiger charge is 2.15. The molecule has 3 N–H and O–H groups in total. The Labute approximate surface area is 84.6 Å². The van der Waals surface area contributed by atoms with E-state index < -0.39 is 10.2 Å². The number of hydrogen-bond acceptors (Lipinski definition) is 4. The summed E-state index contributed by atoms with van der Waals surface area (Å²) < 4.78 is 28.9. The minimum atomic E-state index is -3.58. The van der Waals surface area contributed by atoms with Gasteiger partial charge >= 0.3 is 0 Å². The topological polar surface area (TPSA) is 84.7 Å². The van der Waals surface area contributed by atoms with Gasteiger partial charge in [-0.05, 0) is 6.92 Å². The van der Waals surface area contributed by atoms with Crippen LogP contribution in [-0.2, 0) is 14.9 Å². The van der Waals surface area contributed by atoms with E-state index in [0.29, 0.717) is 19.8 Å². The monoisotopic (exact) mass is 223 g/mol. The molecule has 84 valence electrons. The third kappa shape index (κ3) is 4.87. The minimum Gasteiger partial charge on any atom is -0.379 e. The summed E-state index contributed by atoms with van der Waals surface area (Å²) in [6, 6.07) is -0.164. The Bertz CT molecular complexity index is 261. The van der Waals surface area contributed by atoms with Gasteiger partial charge in [-0.1, -0.05) is 0 Å². The molecule has 0 aliphatic carbocycles. The van der Waals surface area contributed by atoms with E-state index in [1.807, 2.05) is 0 Å². The number of hydrogen-bond donors (Lipinski definition) is 2. The standard InChI is InChI=1S/C7H17N3O3S/c1-7(9-14(8,11)12)6-10-2-4-13-5-3-10/h7,9H,2-6H2,1H3,(H2,8,11,12). The second kappa shape index (κ2) is 5.04. The predicted octanol–water partition coefficient (Wildman–Crippen LogP) is -1.50. The SMILES string of the molecule is CC(CN1CCOCC1)NS(N)(=O)=O. The van der Waals surface area contributed by atoms with Crippen LogP contribution in [0.15, 0.2) is 0 Å². The zero-order chi connectivity index (χ0) is 10.6. The molecule has 14 heavy (non-hydrogen) atoms. The maximum atomic E-state index is 10.7. The van der Waals surface area contributed by atoms with Crippen LogP contribution < -0.4 is 9.86 Å². The Kier molecular flexibility index (Phi) is 4.27. The summed E-state index contributed by atoms with van der Waals surface area (Å²) in [5.41, 5.74) is 0. The van der Waals surface area contributed by atoms with Crippen molar-refractivity contribution in [1.29, 1.82) is 0 Å². The number of rotatable bonds is 4. The lowest BCUT2D eigenvalue weighted by Gasteiger charge is -2.28. The van der Waals surface area contributed by atoms with E-state index >= 15 is 0 Å². The molecule has 7 heteroatoms. The number of ether oxygens (including phenoxy) is 1. The van der Waals surface area contributed by atoms with Crippen LogP contribution in [0.4, 0.5) is 0 Å². The van der Waals surface area contributed by atoms with Gasteiger partial charge in [0.15, 0.2) is 0 Å². The Hall–Kier alpha value is -0.210. The van der Waals surface area contributed by atoms with Crippen LogP contribution in [0.3, 0.4) is 0 Å². The van der Waals surface area contributed by atoms with Gasteiger partial charge in [0.1, 0.15) is 0 Å². The van der Waals surface area contributed by atoms with Crippen molar-refractivity contribution in [3.63, 3.8) is 0 Å². The number of nitrogens with one attached hydrogen (secondary N) is 1. The van der Waals surface area contributed by atoms with Crippen molar-refractivity contribution >= 4 is 10.2 Å². The molecular weight excluding hydrogens is 206 g/mol. The second-order valence-electron chi connectivity index (χ2n) is 3.48. The summed E-state index contributed by atoms with van der Waals surface area (Å²) in [5.74, 6) is 0. The third-order valence-electron chi connectivity index (χ3n) is 2.00. The minimum absolute atomic E-state index is 0.164. The van der Waals surface area contributed by atoms with Crippen molar-refractivity contribution in [2.24, 2.45) is 5.14 Å². The molecule has 0 saturated carbocycles. The molecular formula is C7H17N3O3S. The van der Waals surface area contributed by atoms with Gasteiger partial charge in [0.05, 0.1) is 13.2 Å². The lowest BCUT2D eigenvalue weighted by Crippen LogP contribution is -2.47. The maximum Gasteiger partial charge on any atom is 0.274 e. The fraction of sp³-hybridized carbons (Fsp3) is 1.00. The third-order valence-corrected chi connectivity index (χ3v) is 2.73. The van der Waals surface area contributed by atoms with Crippen molar-refractivity contribution in [2.75, 3.05) is 32.8 Å². The van der Waals surface area contributed by atoms with Gasteiger partial charge in [0.25, 0.3) is 10.2 Å². The molecule has 1 heterocycles. The average molecular weight is 223 g/mol. The molecule has 1 atom stereocenters. The van der Waals surface area contributed by atoms with Crippen molar-refractivity contribution in [1.82, 2.24) is 9.62 Å². The lowest BCUT2D eigenvalue weighted by atomic mass is 10.3. The molecule has 1 fully saturated rings. The van der Waals surface area contributed by atoms with Gasteiger partial charge in [-0.15, -0.1) is 0 Å². The van der Waals surface area contributed by atoms with E-state index in [9.17, 15) is 8.42 Å². The zero-order valence-electron chi connectivity index (χ0n) is 8.27. The highest BCUT2D eigenvalue weighted by Crippen LogP contribution is 1.98. The zero-order valence-corrected chi connectivity index (χ0v) is 9.09. The van der Waals surface area contributed by atoms with Crippen molar-refractivity contribution in [3.05, 3.63) is 0 Å². The molecule has 0 aromatic rings. The van der Waals surface area contributed by atoms with Crippen LogP contribution in [-0.4, -0.2) is 52.2 Å². The van der Waals surface area contributed by atoms with Crippen LogP contribution in [0.1, 0.15) is 6.92 Å². The molecule has 0 radical (unpaired) electrons. The van der Waals surface area contributed by atoms with Gasteiger partial charge in [-0.3, -0.25) is 4.90 Å². The van der Waals surface area contributed by atoms with Crippen molar-refractivity contribution < 1.29 is 13.2 Å². The van der Waals surface area contributed by atoms with Crippen molar-refractivity contribution in [3.8, 4) is 0 Å². The molecule has 0 bridgehead atoms. The van der Waals surface area contributed by atoms with E-state index in [2.05, 4.69) is 9.62 Å². The van der Waals surface area contributed by atoms with Gasteiger partial charge in [-0.25, -0.2) is 5.14 Å². The first-order valence-electron chi connectivity index (χ1n) is 4.57. The highest BCUT2D eigenvalue weighted by atomic mass is 32.2. The molecule has 0 spiro atoms. The Morgan fingerprint density at radius 2 is 2.07 bits per heavy atom. The predicted molar refractivity (Wildman–Crippen MR) is 53.0 cm³/mol. The highest BCUT2D eigenvalue weighted by molar-refractivity contribution is 7.87. The van der Waals surface area contributed by atoms with Crippen LogP contribution >= 0.6 is 0 Å². The van der Waals surface area contributed by atoms with Gasteiger partial charge in [-0.2, -0.15) is 13.1 Å². The molecule has 0 aromatic carbocycles. The summed E-state index contributed by atoms with van der Waals surface area (Å²) in [7, 11) is -3.58. The van der Waals surface area contributed by atoms with Crippen molar-refractivity contribution in [2.45, 2.75) is 13.0 Å². The summed E-state index contributed by atoms with van der Waals surface area (Å²) in [5, 5.41) is 4.86. The van der Waals surface area contributed by atoms with E-state index in [1.54, 1.807) is 6.92 Å². The van der Waals surface area contributed by atoms with E-state index in [0.717, 1.165) is 13.1 Å². The first kappa shape index (κ1) is 11.9. The van der Waals surface area contributed by atoms with E-state index in [1.165, 1.54) is 0 Å². The molecule has 6 nitrogen and oxygen atoms in total. The first-order chi connectivity index (χ1) is 6.47. The van der Waals surface area contributed by atoms with Gasteiger partial charge in [0, 0.05) is 25.7 Å². The van der Waals surface area contributed by atoms with Crippen LogP contribution in [0.2, 0.25) is 0 Å². The molecule has 0 amide bonds. The Morgan fingerprint density at radius 1 is 1.50 bits per heavy atom. The fourth-order valence-corrected chi connectivity index (χ4v) is 2.12. The molecule has 1 aliphatic rings. The molecule has 1 unspecified atom stereocenters. The Morgan fingerprint density at radius 3 is 2.57 bits per heavy atom. The largest absolute Gasteiger partial charge is 0.379 e. The summed E-state index contributed by atoms with van der Waals surface area (Å²) >= 11 is 0. The second-order valence-corrected chi connectivity index (χ2v) is 4.80. The number of nitrogens with two attached hydrogens (primary N) is 1. The number of nitrogens with zero attached hydrogens (tertiary/aromatic N) is 1. The molecule has 0 aromatic heterocycles. The Balaban J connectivity index is 2.28. The van der Waals surface area contributed by atoms with Crippen LogP contribution in [0.25, 0.3) is 0 Å². The van der Waals surface area contributed by atoms with E-state index in [4.69, 9.17) is 9.88 Å². The summed E-state index contributed by atoms with van der Waals surface area (Å²) in [4.78, 5) is 2.15. The first-order valence-corrected chi connectivity index (χ1v) is 6.12. The van der Waals surface area contributed by atoms with Gasteiger partial charge < -0.3 is 4.74 Å². The smallest absolute Gasteiger partial charge is 0.274 e. The quantitative estimate of drug-likeness (QED) is 0.607. The molecule has 1 aliphatic heterocycles. The van der Waals surface area contributed by atoms with Crippen LogP contribution in [0, 0.1) is 0 Å². The lowest BCUT2D eigenvalue weighted by molar-refractivity contribution is 0.0354. The van der Waals surface area contributed by atoms with Gasteiger partial charge in [0.2, 0.25) is 0 Å². The maximum absolute atomic E-state index is 10.7. The van der Waals surface area contributed by atoms with Crippen LogP contribution in [0.5, 0.6) is 0 Å². The summed E-state index contributed by atoms with van der Waals surface area (Å²) in [6.07, 6.45) is 0. The normalized spacial score (nSPS) is 22.1. The average Bonchev–Trinajstić information content (AvgIpc) is 2.02. The molecule has 1 rings (SSSR count). The molecule has 1 saturated heterocycles. The fourth-order valence-electron chi connectivity index (χ4n) is 1.49. The van der Waals surface area contributed by atoms with E-state index in [-0.39, 0.29) is 6.04 Å². The summed E-state index contributed by atoms with van der Waals surface area (Å²) in [6.45, 7) is 5.57. The number of morpholine rings is 1.